The Balaban J connectivity index is 2.46. The number of hydrogen-bond donors (Lipinski definition) is 1. The van der Waals surface area contributed by atoms with E-state index in [1.54, 1.807) is 12.1 Å². The summed E-state index contributed by atoms with van der Waals surface area (Å²) in [7, 11) is 0. The Kier molecular flexibility index (Phi) is 3.40. The van der Waals surface area contributed by atoms with Gasteiger partial charge in [-0.25, -0.2) is 9.18 Å². The molecule has 13 heavy (non-hydrogen) atoms. The normalized spacial score (nSPS) is 9.69. The first-order valence-electron chi connectivity index (χ1n) is 3.81. The number of aryl methyl sites for hydroxylation is 1. The van der Waals surface area contributed by atoms with E-state index in [9.17, 15) is 9.18 Å². The molecule has 1 N–H and O–H groups in total. The summed E-state index contributed by atoms with van der Waals surface area (Å²) in [5.74, 6) is -1.00. The van der Waals surface area contributed by atoms with Crippen LogP contribution in [0.2, 0.25) is 0 Å². The number of halogens is 1. The molecule has 4 heteroatoms. The van der Waals surface area contributed by atoms with Gasteiger partial charge in [-0.1, -0.05) is 12.1 Å². The molecule has 0 atom stereocenters. The Morgan fingerprint density at radius 3 is 2.54 bits per heavy atom. The Morgan fingerprint density at radius 1 is 1.38 bits per heavy atom. The molecule has 0 aliphatic carbocycles. The number of carbonyl (C=O) groups excluding carboxylic acids is 1. The van der Waals surface area contributed by atoms with Gasteiger partial charge >= 0.3 is 5.97 Å². The Hall–Kier alpha value is -1.42. The highest BCUT2D eigenvalue weighted by molar-refractivity contribution is 5.68. The molecular formula is C9H9FO3. The average Bonchev–Trinajstić information content (AvgIpc) is 2.16. The Labute approximate surface area is 74.7 Å². The zero-order valence-electron chi connectivity index (χ0n) is 6.87. The third-order valence-electron chi connectivity index (χ3n) is 1.63. The van der Waals surface area contributed by atoms with Crippen LogP contribution in [0.25, 0.3) is 0 Å². The molecule has 0 aliphatic heterocycles. The van der Waals surface area contributed by atoms with Crippen LogP contribution < -0.4 is 0 Å². The largest absolute Gasteiger partial charge is 0.342 e. The molecule has 1 aromatic carbocycles. The van der Waals surface area contributed by atoms with Gasteiger partial charge in [0.1, 0.15) is 5.82 Å². The van der Waals surface area contributed by atoms with Crippen LogP contribution in [0.15, 0.2) is 24.3 Å². The van der Waals surface area contributed by atoms with Crippen molar-refractivity contribution in [2.45, 2.75) is 12.8 Å². The summed E-state index contributed by atoms with van der Waals surface area (Å²) in [5.41, 5.74) is 0.826. The van der Waals surface area contributed by atoms with Gasteiger partial charge in [0.2, 0.25) is 0 Å². The Bertz CT molecular complexity index is 281. The van der Waals surface area contributed by atoms with E-state index in [1.807, 2.05) is 0 Å². The fourth-order valence-corrected chi connectivity index (χ4v) is 0.943. The van der Waals surface area contributed by atoms with Gasteiger partial charge in [-0.2, -0.15) is 5.26 Å². The standard InChI is InChI=1S/C9H9FO3/c10-8-4-1-7(2-5-8)3-6-9(11)13-12/h1-2,4-5,12H,3,6H2. The van der Waals surface area contributed by atoms with Gasteiger partial charge in [0.25, 0.3) is 0 Å². The lowest BCUT2D eigenvalue weighted by atomic mass is 10.1. The number of rotatable bonds is 3. The molecule has 0 saturated heterocycles. The van der Waals surface area contributed by atoms with Gasteiger partial charge < -0.3 is 4.89 Å². The molecule has 0 aromatic heterocycles. The first-order chi connectivity index (χ1) is 6.22. The highest BCUT2D eigenvalue weighted by Gasteiger charge is 2.02. The highest BCUT2D eigenvalue weighted by atomic mass is 19.1. The second-order valence-electron chi connectivity index (χ2n) is 2.59. The first kappa shape index (κ1) is 9.67. The van der Waals surface area contributed by atoms with Gasteiger partial charge in [-0.3, -0.25) is 0 Å². The predicted molar refractivity (Wildman–Crippen MR) is 43.4 cm³/mol. The van der Waals surface area contributed by atoms with E-state index in [0.29, 0.717) is 6.42 Å². The molecule has 0 heterocycles. The quantitative estimate of drug-likeness (QED) is 0.575. The smallest absolute Gasteiger partial charge is 0.301 e. The zero-order valence-corrected chi connectivity index (χ0v) is 6.87. The fourth-order valence-electron chi connectivity index (χ4n) is 0.943. The maximum Gasteiger partial charge on any atom is 0.342 e. The maximum atomic E-state index is 12.4. The average molecular weight is 184 g/mol. The van der Waals surface area contributed by atoms with Crippen molar-refractivity contribution in [2.24, 2.45) is 0 Å². The molecule has 0 radical (unpaired) electrons. The van der Waals surface area contributed by atoms with Crippen molar-refractivity contribution in [3.05, 3.63) is 35.6 Å². The molecule has 0 amide bonds. The zero-order chi connectivity index (χ0) is 9.68. The van der Waals surface area contributed by atoms with Gasteiger partial charge in [-0.05, 0) is 24.1 Å². The Morgan fingerprint density at radius 2 is 2.00 bits per heavy atom. The predicted octanol–water partition coefficient (Wildman–Crippen LogP) is 1.77. The van der Waals surface area contributed by atoms with Gasteiger partial charge in [0, 0.05) is 0 Å². The van der Waals surface area contributed by atoms with Crippen LogP contribution >= 0.6 is 0 Å². The molecule has 0 fully saturated rings. The van der Waals surface area contributed by atoms with Gasteiger partial charge in [-0.15, -0.1) is 0 Å². The van der Waals surface area contributed by atoms with Gasteiger partial charge in [0.15, 0.2) is 0 Å². The van der Waals surface area contributed by atoms with E-state index in [2.05, 4.69) is 4.89 Å². The molecule has 0 unspecified atom stereocenters. The second kappa shape index (κ2) is 4.57. The summed E-state index contributed by atoms with van der Waals surface area (Å²) in [5, 5.41) is 7.95. The van der Waals surface area contributed by atoms with Crippen molar-refractivity contribution in [1.82, 2.24) is 0 Å². The lowest BCUT2D eigenvalue weighted by molar-refractivity contribution is -0.234. The van der Waals surface area contributed by atoms with Crippen molar-refractivity contribution in [2.75, 3.05) is 0 Å². The van der Waals surface area contributed by atoms with Crippen LogP contribution in [0.3, 0.4) is 0 Å². The lowest BCUT2D eigenvalue weighted by Gasteiger charge is -1.98. The van der Waals surface area contributed by atoms with E-state index in [0.717, 1.165) is 5.56 Å². The summed E-state index contributed by atoms with van der Waals surface area (Å²) in [4.78, 5) is 14.0. The van der Waals surface area contributed by atoms with Crippen molar-refractivity contribution in [3.63, 3.8) is 0 Å². The third-order valence-corrected chi connectivity index (χ3v) is 1.63. The fraction of sp³-hybridized carbons (Fsp3) is 0.222. The van der Waals surface area contributed by atoms with Crippen molar-refractivity contribution in [1.29, 1.82) is 0 Å². The van der Waals surface area contributed by atoms with Crippen molar-refractivity contribution in [3.8, 4) is 0 Å². The summed E-state index contributed by atoms with van der Waals surface area (Å²) in [6, 6.07) is 5.80. The molecule has 3 nitrogen and oxygen atoms in total. The van der Waals surface area contributed by atoms with Gasteiger partial charge in [0.05, 0.1) is 6.42 Å². The third kappa shape index (κ3) is 3.21. The first-order valence-corrected chi connectivity index (χ1v) is 3.81. The number of hydrogen-bond acceptors (Lipinski definition) is 3. The molecule has 0 saturated carbocycles. The van der Waals surface area contributed by atoms with E-state index < -0.39 is 5.97 Å². The molecule has 70 valence electrons. The molecule has 0 aliphatic rings. The SMILES string of the molecule is O=C(CCc1ccc(F)cc1)OO. The summed E-state index contributed by atoms with van der Waals surface area (Å²) in [6.45, 7) is 0. The topological polar surface area (TPSA) is 46.5 Å². The maximum absolute atomic E-state index is 12.4. The molecule has 0 bridgehead atoms. The van der Waals surface area contributed by atoms with Crippen LogP contribution in [0.5, 0.6) is 0 Å². The number of carbonyl (C=O) groups is 1. The minimum Gasteiger partial charge on any atom is -0.301 e. The van der Waals surface area contributed by atoms with Crippen LogP contribution in [-0.4, -0.2) is 11.2 Å². The van der Waals surface area contributed by atoms with Crippen LogP contribution in [0, 0.1) is 5.82 Å². The highest BCUT2D eigenvalue weighted by Crippen LogP contribution is 2.05. The summed E-state index contributed by atoms with van der Waals surface area (Å²) in [6.07, 6.45) is 0.516. The molecular weight excluding hydrogens is 175 g/mol. The van der Waals surface area contributed by atoms with E-state index in [1.165, 1.54) is 12.1 Å². The minimum absolute atomic E-state index is 0.0854. The molecule has 1 aromatic rings. The van der Waals surface area contributed by atoms with Crippen LogP contribution in [0.1, 0.15) is 12.0 Å². The van der Waals surface area contributed by atoms with Crippen molar-refractivity contribution < 1.29 is 19.3 Å². The van der Waals surface area contributed by atoms with E-state index in [-0.39, 0.29) is 12.2 Å². The summed E-state index contributed by atoms with van der Waals surface area (Å²) >= 11 is 0. The van der Waals surface area contributed by atoms with Crippen LogP contribution in [0.4, 0.5) is 4.39 Å². The van der Waals surface area contributed by atoms with Crippen molar-refractivity contribution >= 4 is 5.97 Å². The molecule has 0 spiro atoms. The number of benzene rings is 1. The monoisotopic (exact) mass is 184 g/mol. The van der Waals surface area contributed by atoms with E-state index >= 15 is 0 Å². The minimum atomic E-state index is -0.690. The molecule has 1 rings (SSSR count). The second-order valence-corrected chi connectivity index (χ2v) is 2.59. The van der Waals surface area contributed by atoms with E-state index in [4.69, 9.17) is 5.26 Å². The van der Waals surface area contributed by atoms with Crippen LogP contribution in [-0.2, 0) is 16.1 Å². The lowest BCUT2D eigenvalue weighted by Crippen LogP contribution is -2.02. The summed E-state index contributed by atoms with van der Waals surface area (Å²) < 4.78 is 12.4.